The monoisotopic (exact) mass is 422 g/mol. The Morgan fingerprint density at radius 1 is 0.967 bits per heavy atom. The average Bonchev–Trinajstić information content (AvgIpc) is 2.80. The van der Waals surface area contributed by atoms with Crippen molar-refractivity contribution in [3.05, 3.63) is 88.4 Å². The number of methoxy groups -OCH3 is 2. The van der Waals surface area contributed by atoms with Crippen molar-refractivity contribution in [2.45, 2.75) is 18.6 Å². The Balaban J connectivity index is 1.81. The molecular weight excluding hydrogens is 400 g/mol. The molecule has 0 aromatic heterocycles. The molecule has 0 bridgehead atoms. The van der Waals surface area contributed by atoms with Gasteiger partial charge < -0.3 is 14.6 Å². The van der Waals surface area contributed by atoms with Gasteiger partial charge in [0.1, 0.15) is 23.4 Å². The maximum absolute atomic E-state index is 10.5. The van der Waals surface area contributed by atoms with Crippen LogP contribution in [0.2, 0.25) is 5.02 Å². The SMILES string of the molecule is COc1cccc(C2=N[C@@H](c3ccccc3OC)N[C@H](c3cc(Cl)ccc3O)C2)c1. The van der Waals surface area contributed by atoms with Crippen LogP contribution in [0, 0.1) is 0 Å². The highest BCUT2D eigenvalue weighted by Gasteiger charge is 2.29. The van der Waals surface area contributed by atoms with Crippen LogP contribution in [0.3, 0.4) is 0 Å². The number of rotatable bonds is 5. The van der Waals surface area contributed by atoms with E-state index in [2.05, 4.69) is 5.32 Å². The lowest BCUT2D eigenvalue weighted by Gasteiger charge is -2.31. The number of phenols is 1. The Morgan fingerprint density at radius 2 is 1.80 bits per heavy atom. The van der Waals surface area contributed by atoms with Crippen LogP contribution in [-0.2, 0) is 0 Å². The van der Waals surface area contributed by atoms with E-state index >= 15 is 0 Å². The Kier molecular flexibility index (Phi) is 5.93. The van der Waals surface area contributed by atoms with E-state index in [-0.39, 0.29) is 18.0 Å². The highest BCUT2D eigenvalue weighted by molar-refractivity contribution is 6.30. The lowest BCUT2D eigenvalue weighted by atomic mass is 9.93. The van der Waals surface area contributed by atoms with E-state index in [1.54, 1.807) is 32.4 Å². The molecule has 0 aliphatic carbocycles. The lowest BCUT2D eigenvalue weighted by molar-refractivity contribution is 0.381. The lowest BCUT2D eigenvalue weighted by Crippen LogP contribution is -2.33. The second-order valence-corrected chi connectivity index (χ2v) is 7.52. The molecule has 3 aromatic carbocycles. The first kappa shape index (κ1) is 20.3. The highest BCUT2D eigenvalue weighted by Crippen LogP contribution is 2.37. The standard InChI is InChI=1S/C24H23ClN2O3/c1-29-17-7-5-6-15(12-17)20-14-21(19-13-16(25)10-11-22(19)28)27-24(26-20)18-8-3-4-9-23(18)30-2/h3-13,21,24,27-28H,14H2,1-2H3/t21-,24+/m0/s1. The number of ether oxygens (including phenoxy) is 2. The van der Waals surface area contributed by atoms with Crippen LogP contribution in [0.15, 0.2) is 71.7 Å². The number of aliphatic imine (C=N–C) groups is 1. The molecule has 1 heterocycles. The van der Waals surface area contributed by atoms with Gasteiger partial charge in [-0.2, -0.15) is 0 Å². The number of nitrogens with zero attached hydrogens (tertiary/aromatic N) is 1. The van der Waals surface area contributed by atoms with Crippen molar-refractivity contribution in [2.75, 3.05) is 14.2 Å². The van der Waals surface area contributed by atoms with E-state index in [0.29, 0.717) is 11.4 Å². The Bertz CT molecular complexity index is 1080. The van der Waals surface area contributed by atoms with Gasteiger partial charge in [0.25, 0.3) is 0 Å². The van der Waals surface area contributed by atoms with Gasteiger partial charge in [-0.15, -0.1) is 0 Å². The number of nitrogens with one attached hydrogen (secondary N) is 1. The predicted molar refractivity (Wildman–Crippen MR) is 119 cm³/mol. The summed E-state index contributed by atoms with van der Waals surface area (Å²) in [6, 6.07) is 20.5. The third-order valence-electron chi connectivity index (χ3n) is 5.24. The van der Waals surface area contributed by atoms with E-state index < -0.39 is 0 Å². The fraction of sp³-hybridized carbons (Fsp3) is 0.208. The summed E-state index contributed by atoms with van der Waals surface area (Å²) >= 11 is 6.22. The van der Waals surface area contributed by atoms with Gasteiger partial charge in [-0.05, 0) is 42.0 Å². The van der Waals surface area contributed by atoms with Crippen molar-refractivity contribution >= 4 is 17.3 Å². The highest BCUT2D eigenvalue weighted by atomic mass is 35.5. The molecule has 0 amide bonds. The van der Waals surface area contributed by atoms with Crippen molar-refractivity contribution < 1.29 is 14.6 Å². The molecule has 2 N–H and O–H groups in total. The molecule has 0 saturated heterocycles. The van der Waals surface area contributed by atoms with Gasteiger partial charge >= 0.3 is 0 Å². The van der Waals surface area contributed by atoms with Gasteiger partial charge in [-0.1, -0.05) is 41.9 Å². The van der Waals surface area contributed by atoms with E-state index in [4.69, 9.17) is 26.1 Å². The summed E-state index contributed by atoms with van der Waals surface area (Å²) < 4.78 is 11.0. The number of hydrogen-bond donors (Lipinski definition) is 2. The second kappa shape index (κ2) is 8.78. The molecule has 154 valence electrons. The van der Waals surface area contributed by atoms with Crippen LogP contribution >= 0.6 is 11.6 Å². The van der Waals surface area contributed by atoms with Crippen molar-refractivity contribution in [3.8, 4) is 17.2 Å². The first-order valence-corrected chi connectivity index (χ1v) is 10.1. The smallest absolute Gasteiger partial charge is 0.129 e. The third-order valence-corrected chi connectivity index (χ3v) is 5.48. The van der Waals surface area contributed by atoms with Crippen LogP contribution < -0.4 is 14.8 Å². The van der Waals surface area contributed by atoms with E-state index in [1.165, 1.54) is 0 Å². The molecular formula is C24H23ClN2O3. The molecule has 0 spiro atoms. The Hall–Kier alpha value is -3.02. The van der Waals surface area contributed by atoms with E-state index in [1.807, 2.05) is 48.5 Å². The van der Waals surface area contributed by atoms with Crippen LogP contribution in [0.1, 0.15) is 35.3 Å². The number of phenolic OH excluding ortho intramolecular Hbond substituents is 1. The fourth-order valence-electron chi connectivity index (χ4n) is 3.74. The zero-order valence-corrected chi connectivity index (χ0v) is 17.6. The van der Waals surface area contributed by atoms with Gasteiger partial charge in [0.05, 0.1) is 14.2 Å². The summed E-state index contributed by atoms with van der Waals surface area (Å²) in [6.45, 7) is 0. The van der Waals surface area contributed by atoms with Gasteiger partial charge in [0.2, 0.25) is 0 Å². The summed E-state index contributed by atoms with van der Waals surface area (Å²) in [4.78, 5) is 4.99. The van der Waals surface area contributed by atoms with Crippen molar-refractivity contribution in [2.24, 2.45) is 4.99 Å². The first-order valence-electron chi connectivity index (χ1n) is 9.67. The van der Waals surface area contributed by atoms with E-state index in [0.717, 1.165) is 33.9 Å². The zero-order chi connectivity index (χ0) is 21.1. The van der Waals surface area contributed by atoms with Gasteiger partial charge in [-0.25, -0.2) is 0 Å². The molecule has 0 radical (unpaired) electrons. The predicted octanol–water partition coefficient (Wildman–Crippen LogP) is 5.29. The molecule has 3 aromatic rings. The molecule has 1 aliphatic rings. The number of para-hydroxylation sites is 1. The molecule has 0 fully saturated rings. The maximum atomic E-state index is 10.5. The summed E-state index contributed by atoms with van der Waals surface area (Å²) in [5, 5.41) is 14.6. The number of hydrogen-bond acceptors (Lipinski definition) is 5. The minimum Gasteiger partial charge on any atom is -0.508 e. The second-order valence-electron chi connectivity index (χ2n) is 7.08. The van der Waals surface area contributed by atoms with Crippen LogP contribution in [0.25, 0.3) is 0 Å². The summed E-state index contributed by atoms with van der Waals surface area (Å²) in [6.07, 6.45) is 0.242. The fourth-order valence-corrected chi connectivity index (χ4v) is 3.92. The summed E-state index contributed by atoms with van der Waals surface area (Å²) in [7, 11) is 3.29. The Morgan fingerprint density at radius 3 is 2.60 bits per heavy atom. The Labute approximate surface area is 180 Å². The molecule has 6 heteroatoms. The van der Waals surface area contributed by atoms with Crippen molar-refractivity contribution in [3.63, 3.8) is 0 Å². The van der Waals surface area contributed by atoms with Gasteiger partial charge in [0.15, 0.2) is 0 Å². The average molecular weight is 423 g/mol. The minimum absolute atomic E-state index is 0.183. The number of halogens is 1. The molecule has 0 unspecified atom stereocenters. The third kappa shape index (κ3) is 4.13. The zero-order valence-electron chi connectivity index (χ0n) is 16.8. The van der Waals surface area contributed by atoms with Gasteiger partial charge in [0, 0.05) is 34.3 Å². The molecule has 1 aliphatic heterocycles. The minimum atomic E-state index is -0.348. The summed E-state index contributed by atoms with van der Waals surface area (Å²) in [5.74, 6) is 1.71. The quantitative estimate of drug-likeness (QED) is 0.586. The number of aromatic hydroxyl groups is 1. The molecule has 0 saturated carbocycles. The molecule has 2 atom stereocenters. The van der Waals surface area contributed by atoms with E-state index in [9.17, 15) is 5.11 Å². The van der Waals surface area contributed by atoms with Crippen LogP contribution in [-0.4, -0.2) is 25.0 Å². The van der Waals surface area contributed by atoms with Gasteiger partial charge in [-0.3, -0.25) is 10.3 Å². The van der Waals surface area contributed by atoms with Crippen molar-refractivity contribution in [1.82, 2.24) is 5.32 Å². The molecule has 30 heavy (non-hydrogen) atoms. The largest absolute Gasteiger partial charge is 0.508 e. The molecule has 4 rings (SSSR count). The van der Waals surface area contributed by atoms with Crippen LogP contribution in [0.5, 0.6) is 17.2 Å². The number of benzene rings is 3. The van der Waals surface area contributed by atoms with Crippen molar-refractivity contribution in [1.29, 1.82) is 0 Å². The molecule has 5 nitrogen and oxygen atoms in total. The normalized spacial score (nSPS) is 18.6. The first-order chi connectivity index (χ1) is 14.6. The maximum Gasteiger partial charge on any atom is 0.129 e. The summed E-state index contributed by atoms with van der Waals surface area (Å²) in [5.41, 5.74) is 3.54. The van der Waals surface area contributed by atoms with Crippen LogP contribution in [0.4, 0.5) is 0 Å². The topological polar surface area (TPSA) is 63.1 Å².